The molecule has 1 N–H and O–H groups in total. The molecule has 2 rings (SSSR count). The third-order valence-electron chi connectivity index (χ3n) is 3.20. The summed E-state index contributed by atoms with van der Waals surface area (Å²) in [5, 5.41) is 7.35. The molecule has 14 heavy (non-hydrogen) atoms. The van der Waals surface area contributed by atoms with E-state index in [1.165, 1.54) is 31.5 Å². The minimum Gasteiger partial charge on any atom is -0.361 e. The summed E-state index contributed by atoms with van der Waals surface area (Å²) >= 11 is 0. The van der Waals surface area contributed by atoms with E-state index in [4.69, 9.17) is 4.52 Å². The summed E-state index contributed by atoms with van der Waals surface area (Å²) in [5.41, 5.74) is 2.26. The summed E-state index contributed by atoms with van der Waals surface area (Å²) in [7, 11) is 0. The van der Waals surface area contributed by atoms with Gasteiger partial charge >= 0.3 is 0 Å². The van der Waals surface area contributed by atoms with E-state index in [1.54, 1.807) is 0 Å². The molecule has 0 amide bonds. The van der Waals surface area contributed by atoms with Crippen molar-refractivity contribution in [2.75, 3.05) is 13.1 Å². The maximum atomic E-state index is 5.28. The van der Waals surface area contributed by atoms with Gasteiger partial charge in [0.05, 0.1) is 5.69 Å². The van der Waals surface area contributed by atoms with Crippen molar-refractivity contribution < 1.29 is 4.52 Å². The van der Waals surface area contributed by atoms with E-state index in [0.717, 1.165) is 23.8 Å². The predicted molar refractivity (Wildman–Crippen MR) is 55.3 cm³/mol. The van der Waals surface area contributed by atoms with Crippen molar-refractivity contribution in [3.05, 3.63) is 17.0 Å². The number of nitrogens with zero attached hydrogens (tertiary/aromatic N) is 1. The quantitative estimate of drug-likeness (QED) is 0.797. The molecule has 0 saturated carbocycles. The van der Waals surface area contributed by atoms with Gasteiger partial charge in [-0.25, -0.2) is 0 Å². The SMILES string of the molecule is Cc1noc(CCC2CCNC2)c1C. The second kappa shape index (κ2) is 4.13. The van der Waals surface area contributed by atoms with Crippen molar-refractivity contribution in [3.63, 3.8) is 0 Å². The van der Waals surface area contributed by atoms with Crippen LogP contribution in [-0.2, 0) is 6.42 Å². The van der Waals surface area contributed by atoms with Crippen LogP contribution in [0.2, 0.25) is 0 Å². The molecule has 78 valence electrons. The lowest BCUT2D eigenvalue weighted by Gasteiger charge is -2.05. The van der Waals surface area contributed by atoms with Gasteiger partial charge in [0.25, 0.3) is 0 Å². The number of aryl methyl sites for hydroxylation is 2. The molecular weight excluding hydrogens is 176 g/mol. The average molecular weight is 194 g/mol. The average Bonchev–Trinajstić information content (AvgIpc) is 2.77. The maximum Gasteiger partial charge on any atom is 0.139 e. The van der Waals surface area contributed by atoms with Crippen LogP contribution in [0.25, 0.3) is 0 Å². The van der Waals surface area contributed by atoms with Gasteiger partial charge in [-0.2, -0.15) is 0 Å². The van der Waals surface area contributed by atoms with Crippen LogP contribution in [0.4, 0.5) is 0 Å². The van der Waals surface area contributed by atoms with E-state index in [2.05, 4.69) is 17.4 Å². The minimum atomic E-state index is 0.833. The summed E-state index contributed by atoms with van der Waals surface area (Å²) in [6.45, 7) is 6.44. The van der Waals surface area contributed by atoms with Crippen LogP contribution in [0.1, 0.15) is 29.9 Å². The molecule has 1 atom stereocenters. The molecule has 1 saturated heterocycles. The highest BCUT2D eigenvalue weighted by Gasteiger charge is 2.16. The standard InChI is InChI=1S/C11H18N2O/c1-8-9(2)13-14-11(8)4-3-10-5-6-12-7-10/h10,12H,3-7H2,1-2H3. The summed E-state index contributed by atoms with van der Waals surface area (Å²) in [6.07, 6.45) is 3.58. The van der Waals surface area contributed by atoms with Crippen molar-refractivity contribution in [1.82, 2.24) is 10.5 Å². The van der Waals surface area contributed by atoms with E-state index >= 15 is 0 Å². The van der Waals surface area contributed by atoms with Crippen LogP contribution in [0.15, 0.2) is 4.52 Å². The fourth-order valence-electron chi connectivity index (χ4n) is 1.99. The number of nitrogens with one attached hydrogen (secondary N) is 1. The largest absolute Gasteiger partial charge is 0.361 e. The second-order valence-corrected chi connectivity index (χ2v) is 4.21. The minimum absolute atomic E-state index is 0.833. The maximum absolute atomic E-state index is 5.28. The summed E-state index contributed by atoms with van der Waals surface area (Å²) in [4.78, 5) is 0. The van der Waals surface area contributed by atoms with E-state index < -0.39 is 0 Å². The van der Waals surface area contributed by atoms with Crippen molar-refractivity contribution in [2.24, 2.45) is 5.92 Å². The Balaban J connectivity index is 1.88. The summed E-state index contributed by atoms with van der Waals surface area (Å²) < 4.78 is 5.28. The highest BCUT2D eigenvalue weighted by atomic mass is 16.5. The molecule has 1 unspecified atom stereocenters. The van der Waals surface area contributed by atoms with E-state index in [1.807, 2.05) is 6.92 Å². The van der Waals surface area contributed by atoms with Gasteiger partial charge in [-0.3, -0.25) is 0 Å². The van der Waals surface area contributed by atoms with Gasteiger partial charge in [0.1, 0.15) is 5.76 Å². The molecule has 1 aliphatic rings. The molecule has 0 spiro atoms. The molecule has 3 nitrogen and oxygen atoms in total. The van der Waals surface area contributed by atoms with Gasteiger partial charge in [0.2, 0.25) is 0 Å². The van der Waals surface area contributed by atoms with Crippen LogP contribution < -0.4 is 5.32 Å². The third-order valence-corrected chi connectivity index (χ3v) is 3.20. The monoisotopic (exact) mass is 194 g/mol. The van der Waals surface area contributed by atoms with Gasteiger partial charge in [-0.05, 0) is 45.7 Å². The molecule has 0 radical (unpaired) electrons. The molecule has 0 aromatic carbocycles. The third kappa shape index (κ3) is 1.98. The van der Waals surface area contributed by atoms with Crippen LogP contribution in [0, 0.1) is 19.8 Å². The van der Waals surface area contributed by atoms with Crippen LogP contribution in [-0.4, -0.2) is 18.2 Å². The summed E-state index contributed by atoms with van der Waals surface area (Å²) in [6, 6.07) is 0. The Kier molecular flexibility index (Phi) is 2.87. The topological polar surface area (TPSA) is 38.1 Å². The fraction of sp³-hybridized carbons (Fsp3) is 0.727. The summed E-state index contributed by atoms with van der Waals surface area (Å²) in [5.74, 6) is 1.91. The molecule has 3 heteroatoms. The van der Waals surface area contributed by atoms with E-state index in [0.29, 0.717) is 0 Å². The normalized spacial score (nSPS) is 21.7. The predicted octanol–water partition coefficient (Wildman–Crippen LogP) is 1.83. The Morgan fingerprint density at radius 1 is 1.50 bits per heavy atom. The van der Waals surface area contributed by atoms with Crippen molar-refractivity contribution in [2.45, 2.75) is 33.1 Å². The zero-order valence-corrected chi connectivity index (χ0v) is 8.97. The lowest BCUT2D eigenvalue weighted by Crippen LogP contribution is -2.09. The first-order valence-corrected chi connectivity index (χ1v) is 5.40. The molecule has 0 bridgehead atoms. The van der Waals surface area contributed by atoms with Gasteiger partial charge in [-0.15, -0.1) is 0 Å². The first-order chi connectivity index (χ1) is 6.77. The van der Waals surface area contributed by atoms with Crippen LogP contribution in [0.3, 0.4) is 0 Å². The van der Waals surface area contributed by atoms with Crippen molar-refractivity contribution >= 4 is 0 Å². The number of aromatic nitrogens is 1. The smallest absolute Gasteiger partial charge is 0.139 e. The lowest BCUT2D eigenvalue weighted by molar-refractivity contribution is 0.366. The Bertz CT molecular complexity index is 300. The first-order valence-electron chi connectivity index (χ1n) is 5.40. The lowest BCUT2D eigenvalue weighted by atomic mass is 10.0. The number of hydrogen-bond acceptors (Lipinski definition) is 3. The Morgan fingerprint density at radius 3 is 2.93 bits per heavy atom. The Labute approximate surface area is 84.9 Å². The van der Waals surface area contributed by atoms with E-state index in [9.17, 15) is 0 Å². The van der Waals surface area contributed by atoms with Gasteiger partial charge < -0.3 is 9.84 Å². The fourth-order valence-corrected chi connectivity index (χ4v) is 1.99. The first kappa shape index (κ1) is 9.71. The Morgan fingerprint density at radius 2 is 2.36 bits per heavy atom. The molecule has 1 aromatic heterocycles. The van der Waals surface area contributed by atoms with Gasteiger partial charge in [-0.1, -0.05) is 5.16 Å². The van der Waals surface area contributed by atoms with Crippen LogP contribution >= 0.6 is 0 Å². The van der Waals surface area contributed by atoms with E-state index in [-0.39, 0.29) is 0 Å². The number of hydrogen-bond donors (Lipinski definition) is 1. The number of rotatable bonds is 3. The molecule has 1 fully saturated rings. The van der Waals surface area contributed by atoms with Gasteiger partial charge in [0.15, 0.2) is 0 Å². The Hall–Kier alpha value is -0.830. The molecule has 0 aliphatic carbocycles. The highest BCUT2D eigenvalue weighted by Crippen LogP contribution is 2.19. The van der Waals surface area contributed by atoms with Crippen molar-refractivity contribution in [1.29, 1.82) is 0 Å². The highest BCUT2D eigenvalue weighted by molar-refractivity contribution is 5.19. The molecule has 2 heterocycles. The molecule has 1 aromatic rings. The molecule has 1 aliphatic heterocycles. The van der Waals surface area contributed by atoms with Gasteiger partial charge in [0, 0.05) is 12.0 Å². The van der Waals surface area contributed by atoms with Crippen molar-refractivity contribution in [3.8, 4) is 0 Å². The van der Waals surface area contributed by atoms with Crippen LogP contribution in [0.5, 0.6) is 0 Å². The zero-order valence-electron chi connectivity index (χ0n) is 8.97. The zero-order chi connectivity index (χ0) is 9.97. The molecular formula is C11H18N2O. The second-order valence-electron chi connectivity index (χ2n) is 4.21.